The molecule has 0 radical (unpaired) electrons. The number of carbonyl (C=O) groups excluding carboxylic acids is 1. The van der Waals surface area contributed by atoms with Crippen LogP contribution >= 0.6 is 0 Å². The van der Waals surface area contributed by atoms with Crippen molar-refractivity contribution in [2.24, 2.45) is 0 Å². The Kier molecular flexibility index (Phi) is 5.82. The Morgan fingerprint density at radius 2 is 1.89 bits per heavy atom. The lowest BCUT2D eigenvalue weighted by atomic mass is 10.3. The molecule has 19 heavy (non-hydrogen) atoms. The van der Waals surface area contributed by atoms with Crippen molar-refractivity contribution < 1.29 is 14.0 Å². The zero-order chi connectivity index (χ0) is 14.3. The average molecular weight is 278 g/mol. The van der Waals surface area contributed by atoms with Crippen LogP contribution in [0, 0.1) is 0 Å². The maximum Gasteiger partial charge on any atom is 0.333 e. The second-order valence-corrected chi connectivity index (χ2v) is 9.42. The lowest BCUT2D eigenvalue weighted by Crippen LogP contribution is -2.34. The maximum absolute atomic E-state index is 11.2. The number of esters is 1. The topological polar surface area (TPSA) is 35.5 Å². The third kappa shape index (κ3) is 6.24. The number of carbonyl (C=O) groups is 1. The molecule has 0 fully saturated rings. The van der Waals surface area contributed by atoms with E-state index in [4.69, 9.17) is 9.16 Å². The third-order valence-corrected chi connectivity index (χ3v) is 4.99. The van der Waals surface area contributed by atoms with Crippen LogP contribution in [0.4, 0.5) is 0 Å². The van der Waals surface area contributed by atoms with E-state index in [-0.39, 0.29) is 5.97 Å². The summed E-state index contributed by atoms with van der Waals surface area (Å²) in [5, 5.41) is 0. The molecule has 3 nitrogen and oxygen atoms in total. The number of benzene rings is 1. The molecule has 0 aliphatic rings. The van der Waals surface area contributed by atoms with Crippen LogP contribution in [0.25, 0.3) is 0 Å². The largest absolute Gasteiger partial charge is 0.544 e. The van der Waals surface area contributed by atoms with E-state index >= 15 is 0 Å². The Balaban J connectivity index is 2.31. The van der Waals surface area contributed by atoms with Crippen LogP contribution in [0.1, 0.15) is 13.3 Å². The molecule has 1 aromatic carbocycles. The molecule has 0 atom stereocenters. The molecule has 0 spiro atoms. The number of hydrogen-bond donors (Lipinski definition) is 0. The van der Waals surface area contributed by atoms with Crippen molar-refractivity contribution in [3.05, 3.63) is 42.5 Å². The van der Waals surface area contributed by atoms with E-state index in [0.717, 1.165) is 18.2 Å². The number of para-hydroxylation sites is 1. The molecule has 0 N–H and O–H groups in total. The second-order valence-electron chi connectivity index (χ2n) is 5.19. The van der Waals surface area contributed by atoms with Gasteiger partial charge in [0.2, 0.25) is 8.32 Å². The first-order valence-electron chi connectivity index (χ1n) is 6.47. The van der Waals surface area contributed by atoms with E-state index in [0.29, 0.717) is 12.2 Å². The van der Waals surface area contributed by atoms with Gasteiger partial charge in [-0.05, 0) is 44.6 Å². The minimum absolute atomic E-state index is 0.316. The molecular formula is C15H22O3Si. The summed E-state index contributed by atoms with van der Waals surface area (Å²) in [6, 6.07) is 10.8. The van der Waals surface area contributed by atoms with Crippen molar-refractivity contribution in [2.75, 3.05) is 6.61 Å². The summed E-state index contributed by atoms with van der Waals surface area (Å²) in [5.41, 5.74) is 0.442. The molecule has 4 heteroatoms. The molecule has 0 saturated heterocycles. The van der Waals surface area contributed by atoms with Crippen LogP contribution in [0.15, 0.2) is 42.5 Å². The summed E-state index contributed by atoms with van der Waals surface area (Å²) < 4.78 is 11.1. The summed E-state index contributed by atoms with van der Waals surface area (Å²) in [6.07, 6.45) is 0.824. The zero-order valence-corrected chi connectivity index (χ0v) is 12.9. The summed E-state index contributed by atoms with van der Waals surface area (Å²) in [4.78, 5) is 11.2. The van der Waals surface area contributed by atoms with E-state index in [9.17, 15) is 4.79 Å². The van der Waals surface area contributed by atoms with Gasteiger partial charge in [0, 0.05) is 5.57 Å². The summed E-state index contributed by atoms with van der Waals surface area (Å²) >= 11 is 0. The van der Waals surface area contributed by atoms with Gasteiger partial charge in [-0.3, -0.25) is 0 Å². The molecule has 0 saturated carbocycles. The van der Waals surface area contributed by atoms with E-state index in [1.54, 1.807) is 6.92 Å². The Labute approximate surface area is 116 Å². The van der Waals surface area contributed by atoms with Crippen LogP contribution in [-0.4, -0.2) is 20.9 Å². The molecular weight excluding hydrogens is 256 g/mol. The predicted octanol–water partition coefficient (Wildman–Crippen LogP) is 3.78. The van der Waals surface area contributed by atoms with Gasteiger partial charge >= 0.3 is 5.97 Å². The quantitative estimate of drug-likeness (QED) is 0.329. The minimum atomic E-state index is -1.76. The first kappa shape index (κ1) is 15.5. The maximum atomic E-state index is 11.2. The Hall–Kier alpha value is -1.55. The molecule has 0 unspecified atom stereocenters. The van der Waals surface area contributed by atoms with Gasteiger partial charge in [0.05, 0.1) is 6.61 Å². The van der Waals surface area contributed by atoms with E-state index in [1.807, 2.05) is 30.3 Å². The monoisotopic (exact) mass is 278 g/mol. The average Bonchev–Trinajstić information content (AvgIpc) is 2.35. The van der Waals surface area contributed by atoms with Crippen LogP contribution in [0.5, 0.6) is 5.75 Å². The van der Waals surface area contributed by atoms with Crippen molar-refractivity contribution in [1.29, 1.82) is 0 Å². The van der Waals surface area contributed by atoms with Crippen molar-refractivity contribution in [1.82, 2.24) is 0 Å². The SMILES string of the molecule is C=C(C)C(=O)OCCC[Si](C)(C)Oc1ccccc1. The number of ether oxygens (including phenoxy) is 1. The van der Waals surface area contributed by atoms with Gasteiger partial charge < -0.3 is 9.16 Å². The number of rotatable bonds is 7. The van der Waals surface area contributed by atoms with Gasteiger partial charge in [0.1, 0.15) is 5.75 Å². The summed E-state index contributed by atoms with van der Waals surface area (Å²) in [6.45, 7) is 9.97. The van der Waals surface area contributed by atoms with Crippen molar-refractivity contribution in [3.63, 3.8) is 0 Å². The molecule has 0 aliphatic carbocycles. The van der Waals surface area contributed by atoms with Crippen LogP contribution in [-0.2, 0) is 9.53 Å². The lowest BCUT2D eigenvalue weighted by Gasteiger charge is -2.24. The highest BCUT2D eigenvalue weighted by Gasteiger charge is 2.24. The highest BCUT2D eigenvalue weighted by molar-refractivity contribution is 6.71. The molecule has 1 rings (SSSR count). The standard InChI is InChI=1S/C15H22O3Si/c1-13(2)15(16)17-11-8-12-19(3,4)18-14-9-6-5-7-10-14/h5-7,9-10H,1,8,11-12H2,2-4H3. The smallest absolute Gasteiger partial charge is 0.333 e. The predicted molar refractivity (Wildman–Crippen MR) is 79.7 cm³/mol. The fraction of sp³-hybridized carbons (Fsp3) is 0.400. The normalized spacial score (nSPS) is 10.9. The van der Waals surface area contributed by atoms with Gasteiger partial charge in [-0.2, -0.15) is 0 Å². The molecule has 0 aromatic heterocycles. The van der Waals surface area contributed by atoms with Crippen molar-refractivity contribution >= 4 is 14.3 Å². The van der Waals surface area contributed by atoms with Gasteiger partial charge in [0.25, 0.3) is 0 Å². The van der Waals surface area contributed by atoms with Gasteiger partial charge in [-0.25, -0.2) is 4.79 Å². The van der Waals surface area contributed by atoms with Crippen LogP contribution < -0.4 is 4.43 Å². The molecule has 0 bridgehead atoms. The minimum Gasteiger partial charge on any atom is -0.544 e. The first-order valence-corrected chi connectivity index (χ1v) is 9.59. The zero-order valence-electron chi connectivity index (χ0n) is 11.9. The number of hydrogen-bond acceptors (Lipinski definition) is 3. The molecule has 1 aromatic rings. The van der Waals surface area contributed by atoms with Gasteiger partial charge in [-0.1, -0.05) is 24.8 Å². The molecule has 0 aliphatic heterocycles. The second kappa shape index (κ2) is 7.14. The Morgan fingerprint density at radius 3 is 2.47 bits per heavy atom. The Morgan fingerprint density at radius 1 is 1.26 bits per heavy atom. The molecule has 104 valence electrons. The van der Waals surface area contributed by atoms with Crippen LogP contribution in [0.3, 0.4) is 0 Å². The fourth-order valence-electron chi connectivity index (χ4n) is 1.64. The highest BCUT2D eigenvalue weighted by atomic mass is 28.4. The van der Waals surface area contributed by atoms with Crippen molar-refractivity contribution in [3.8, 4) is 5.75 Å². The molecule has 0 heterocycles. The summed E-state index contributed by atoms with van der Waals surface area (Å²) in [5.74, 6) is 0.599. The van der Waals surface area contributed by atoms with Crippen LogP contribution in [0.2, 0.25) is 19.1 Å². The third-order valence-electron chi connectivity index (χ3n) is 2.64. The summed E-state index contributed by atoms with van der Waals surface area (Å²) in [7, 11) is -1.76. The highest BCUT2D eigenvalue weighted by Crippen LogP contribution is 2.19. The van der Waals surface area contributed by atoms with Gasteiger partial charge in [-0.15, -0.1) is 0 Å². The molecule has 0 amide bonds. The Bertz CT molecular complexity index is 426. The van der Waals surface area contributed by atoms with E-state index in [2.05, 4.69) is 19.7 Å². The van der Waals surface area contributed by atoms with Crippen molar-refractivity contribution in [2.45, 2.75) is 32.5 Å². The van der Waals surface area contributed by atoms with Gasteiger partial charge in [0.15, 0.2) is 0 Å². The first-order chi connectivity index (χ1) is 8.91. The van der Waals surface area contributed by atoms with E-state index in [1.165, 1.54) is 0 Å². The lowest BCUT2D eigenvalue weighted by molar-refractivity contribution is -0.138. The fourth-order valence-corrected chi connectivity index (χ4v) is 3.52. The van der Waals surface area contributed by atoms with E-state index < -0.39 is 8.32 Å².